The Kier molecular flexibility index (Phi) is 6.89. The number of rotatable bonds is 9. The summed E-state index contributed by atoms with van der Waals surface area (Å²) in [5, 5.41) is 8.67. The molecular formula is C17H17BrF2N2O5. The topological polar surface area (TPSA) is 116 Å². The summed E-state index contributed by atoms with van der Waals surface area (Å²) in [5.74, 6) is -4.48. The Hall–Kier alpha value is -2.49. The molecule has 3 N–H and O–H groups in total. The molecule has 1 atom stereocenters. The van der Waals surface area contributed by atoms with Gasteiger partial charge in [-0.2, -0.15) is 0 Å². The fourth-order valence-corrected chi connectivity index (χ4v) is 2.92. The number of carboxylic acid groups (broad SMARTS) is 1. The van der Waals surface area contributed by atoms with Gasteiger partial charge < -0.3 is 20.0 Å². The van der Waals surface area contributed by atoms with Gasteiger partial charge in [-0.15, -0.1) is 0 Å². The summed E-state index contributed by atoms with van der Waals surface area (Å²) in [6.45, 7) is 1.76. The van der Waals surface area contributed by atoms with Crippen LogP contribution in [0.2, 0.25) is 0 Å². The van der Waals surface area contributed by atoms with Crippen LogP contribution in [0.4, 0.5) is 8.78 Å². The number of amides is 1. The minimum Gasteiger partial charge on any atom is -0.481 e. The SMILES string of the molecule is CCC(Oc1ccc(F)c(C(N)=O)c1F)c1nc(CCCC(=O)O)oc1Br. The van der Waals surface area contributed by atoms with Crippen LogP contribution in [0, 0.1) is 11.6 Å². The third kappa shape index (κ3) is 5.03. The zero-order valence-corrected chi connectivity index (χ0v) is 15.9. The first-order valence-corrected chi connectivity index (χ1v) is 8.85. The molecule has 0 saturated carbocycles. The van der Waals surface area contributed by atoms with Crippen molar-refractivity contribution < 1.29 is 32.6 Å². The lowest BCUT2D eigenvalue weighted by atomic mass is 10.1. The van der Waals surface area contributed by atoms with Crippen LogP contribution in [0.15, 0.2) is 21.2 Å². The van der Waals surface area contributed by atoms with Crippen LogP contribution in [-0.2, 0) is 11.2 Å². The van der Waals surface area contributed by atoms with E-state index in [4.69, 9.17) is 20.0 Å². The highest BCUT2D eigenvalue weighted by Crippen LogP contribution is 2.33. The van der Waals surface area contributed by atoms with Crippen LogP contribution in [0.25, 0.3) is 0 Å². The van der Waals surface area contributed by atoms with Crippen molar-refractivity contribution >= 4 is 27.8 Å². The first kappa shape index (κ1) is 20.8. The van der Waals surface area contributed by atoms with Gasteiger partial charge in [0.25, 0.3) is 5.91 Å². The van der Waals surface area contributed by atoms with E-state index in [1.54, 1.807) is 6.92 Å². The molecule has 0 bridgehead atoms. The van der Waals surface area contributed by atoms with Crippen molar-refractivity contribution in [1.29, 1.82) is 0 Å². The highest BCUT2D eigenvalue weighted by atomic mass is 79.9. The lowest BCUT2D eigenvalue weighted by Crippen LogP contribution is -2.17. The number of oxazole rings is 1. The zero-order valence-electron chi connectivity index (χ0n) is 14.3. The Balaban J connectivity index is 2.23. The molecule has 2 rings (SSSR count). The second-order valence-corrected chi connectivity index (χ2v) is 6.35. The van der Waals surface area contributed by atoms with Crippen LogP contribution in [0.3, 0.4) is 0 Å². The van der Waals surface area contributed by atoms with Gasteiger partial charge in [0.05, 0.1) is 0 Å². The number of benzene rings is 1. The highest BCUT2D eigenvalue weighted by molar-refractivity contribution is 9.10. The molecule has 0 aliphatic carbocycles. The van der Waals surface area contributed by atoms with E-state index in [-0.39, 0.29) is 16.8 Å². The van der Waals surface area contributed by atoms with Gasteiger partial charge in [0, 0.05) is 12.8 Å². The summed E-state index contributed by atoms with van der Waals surface area (Å²) < 4.78 is 39.2. The second-order valence-electron chi connectivity index (χ2n) is 5.63. The molecule has 2 aromatic rings. The molecule has 10 heteroatoms. The van der Waals surface area contributed by atoms with Gasteiger partial charge in [-0.05, 0) is 40.9 Å². The molecule has 0 aliphatic heterocycles. The van der Waals surface area contributed by atoms with Crippen LogP contribution in [-0.4, -0.2) is 22.0 Å². The minimum absolute atomic E-state index is 0.0281. The molecule has 1 aromatic heterocycles. The standard InChI is InChI=1S/C17H17BrF2N2O5/c1-2-9(15-16(18)27-11(22-15)4-3-5-12(23)24)26-10-7-6-8(19)13(14(10)20)17(21)25/h6-7,9H,2-5H2,1H3,(H2,21,25)(H,23,24). The molecule has 0 radical (unpaired) electrons. The number of carboxylic acids is 1. The molecule has 0 fully saturated rings. The van der Waals surface area contributed by atoms with Crippen LogP contribution in [0.1, 0.15) is 54.2 Å². The third-order valence-corrected chi connectivity index (χ3v) is 4.25. The normalized spacial score (nSPS) is 12.0. The van der Waals surface area contributed by atoms with Crippen LogP contribution >= 0.6 is 15.9 Å². The Labute approximate surface area is 161 Å². The lowest BCUT2D eigenvalue weighted by molar-refractivity contribution is -0.137. The van der Waals surface area contributed by atoms with Gasteiger partial charge >= 0.3 is 5.97 Å². The van der Waals surface area contributed by atoms with Gasteiger partial charge in [-0.25, -0.2) is 13.8 Å². The van der Waals surface area contributed by atoms with Crippen molar-refractivity contribution in [2.24, 2.45) is 5.73 Å². The number of hydrogen-bond donors (Lipinski definition) is 2. The molecule has 7 nitrogen and oxygen atoms in total. The highest BCUT2D eigenvalue weighted by Gasteiger charge is 2.25. The van der Waals surface area contributed by atoms with E-state index in [1.165, 1.54) is 0 Å². The smallest absolute Gasteiger partial charge is 0.303 e. The van der Waals surface area contributed by atoms with E-state index in [1.807, 2.05) is 0 Å². The Morgan fingerprint density at radius 1 is 1.41 bits per heavy atom. The molecule has 27 heavy (non-hydrogen) atoms. The third-order valence-electron chi connectivity index (χ3n) is 3.68. The van der Waals surface area contributed by atoms with E-state index in [2.05, 4.69) is 20.9 Å². The maximum absolute atomic E-state index is 14.4. The van der Waals surface area contributed by atoms with Gasteiger partial charge in [0.1, 0.15) is 23.2 Å². The Bertz CT molecular complexity index is 856. The summed E-state index contributed by atoms with van der Waals surface area (Å²) in [4.78, 5) is 26.1. The van der Waals surface area contributed by atoms with Crippen molar-refractivity contribution in [2.45, 2.75) is 38.7 Å². The summed E-state index contributed by atoms with van der Waals surface area (Å²) in [5.41, 5.74) is 4.46. The van der Waals surface area contributed by atoms with E-state index < -0.39 is 35.2 Å². The number of carbonyl (C=O) groups excluding carboxylic acids is 1. The number of carbonyl (C=O) groups is 2. The first-order valence-electron chi connectivity index (χ1n) is 8.05. The van der Waals surface area contributed by atoms with Crippen molar-refractivity contribution in [1.82, 2.24) is 4.98 Å². The minimum atomic E-state index is -1.24. The summed E-state index contributed by atoms with van der Waals surface area (Å²) >= 11 is 3.21. The molecule has 1 unspecified atom stereocenters. The van der Waals surface area contributed by atoms with Gasteiger partial charge in [0.2, 0.25) is 0 Å². The van der Waals surface area contributed by atoms with Crippen LogP contribution in [0.5, 0.6) is 5.75 Å². The molecule has 1 heterocycles. The Morgan fingerprint density at radius 3 is 2.70 bits per heavy atom. The molecular weight excluding hydrogens is 430 g/mol. The molecule has 146 valence electrons. The number of aryl methyl sites for hydroxylation is 1. The first-order chi connectivity index (χ1) is 12.7. The summed E-state index contributed by atoms with van der Waals surface area (Å²) in [7, 11) is 0. The number of nitrogens with two attached hydrogens (primary N) is 1. The molecule has 1 amide bonds. The number of halogens is 3. The lowest BCUT2D eigenvalue weighted by Gasteiger charge is -2.17. The van der Waals surface area contributed by atoms with E-state index in [0.29, 0.717) is 30.8 Å². The number of primary amides is 1. The van der Waals surface area contributed by atoms with Crippen molar-refractivity contribution in [2.75, 3.05) is 0 Å². The predicted molar refractivity (Wildman–Crippen MR) is 93.3 cm³/mol. The van der Waals surface area contributed by atoms with Crippen LogP contribution < -0.4 is 10.5 Å². The fraction of sp³-hybridized carbons (Fsp3) is 0.353. The maximum Gasteiger partial charge on any atom is 0.303 e. The predicted octanol–water partition coefficient (Wildman–Crippen LogP) is 3.75. The summed E-state index contributed by atoms with van der Waals surface area (Å²) in [6.07, 6.45) is 0.228. The molecule has 0 saturated heterocycles. The molecule has 1 aromatic carbocycles. The maximum atomic E-state index is 14.4. The molecule has 0 spiro atoms. The quantitative estimate of drug-likeness (QED) is 0.605. The van der Waals surface area contributed by atoms with Gasteiger partial charge in [-0.3, -0.25) is 9.59 Å². The monoisotopic (exact) mass is 446 g/mol. The average molecular weight is 447 g/mol. The average Bonchev–Trinajstić information content (AvgIpc) is 2.94. The number of aromatic nitrogens is 1. The van der Waals surface area contributed by atoms with Crippen molar-refractivity contribution in [3.63, 3.8) is 0 Å². The largest absolute Gasteiger partial charge is 0.481 e. The summed E-state index contributed by atoms with van der Waals surface area (Å²) in [6, 6.07) is 1.95. The number of hydrogen-bond acceptors (Lipinski definition) is 5. The fourth-order valence-electron chi connectivity index (χ4n) is 2.39. The van der Waals surface area contributed by atoms with Crippen molar-refractivity contribution in [3.05, 3.63) is 45.6 Å². The van der Waals surface area contributed by atoms with Gasteiger partial charge in [0.15, 0.2) is 22.1 Å². The zero-order chi connectivity index (χ0) is 20.1. The van der Waals surface area contributed by atoms with Crippen molar-refractivity contribution in [3.8, 4) is 5.75 Å². The number of aliphatic carboxylic acids is 1. The number of nitrogens with zero attached hydrogens (tertiary/aromatic N) is 1. The molecule has 0 aliphatic rings. The van der Waals surface area contributed by atoms with E-state index in [9.17, 15) is 18.4 Å². The second kappa shape index (κ2) is 8.94. The van der Waals surface area contributed by atoms with E-state index in [0.717, 1.165) is 12.1 Å². The van der Waals surface area contributed by atoms with E-state index >= 15 is 0 Å². The Morgan fingerprint density at radius 2 is 2.11 bits per heavy atom. The number of ether oxygens (including phenoxy) is 1. The van der Waals surface area contributed by atoms with Gasteiger partial charge in [-0.1, -0.05) is 6.92 Å².